The lowest BCUT2D eigenvalue weighted by Crippen LogP contribution is -2.42. The van der Waals surface area contributed by atoms with E-state index in [1.165, 1.54) is 0 Å². The van der Waals surface area contributed by atoms with E-state index in [1.807, 2.05) is 13.0 Å². The fourth-order valence-corrected chi connectivity index (χ4v) is 2.62. The van der Waals surface area contributed by atoms with Gasteiger partial charge in [-0.25, -0.2) is 9.78 Å². The van der Waals surface area contributed by atoms with Gasteiger partial charge in [0.2, 0.25) is 0 Å². The van der Waals surface area contributed by atoms with Crippen molar-refractivity contribution in [2.24, 2.45) is 10.9 Å². The Morgan fingerprint density at radius 3 is 2.61 bits per heavy atom. The van der Waals surface area contributed by atoms with Crippen molar-refractivity contribution in [2.45, 2.75) is 46.6 Å². The largest absolute Gasteiger partial charge is 0.450 e. The third kappa shape index (κ3) is 12.2. The summed E-state index contributed by atoms with van der Waals surface area (Å²) in [6.07, 6.45) is 3.02. The van der Waals surface area contributed by atoms with Gasteiger partial charge in [-0.2, -0.15) is 0 Å². The Morgan fingerprint density at radius 2 is 2.04 bits per heavy atom. The molecule has 1 rings (SSSR count). The molecule has 0 aliphatic heterocycles. The number of aliphatic imine (C=N–C) groups is 1. The molecule has 7 nitrogen and oxygen atoms in total. The first-order valence-electron chi connectivity index (χ1n) is 9.50. The van der Waals surface area contributed by atoms with Gasteiger partial charge >= 0.3 is 6.09 Å². The average molecular weight is 526 g/mol. The summed E-state index contributed by atoms with van der Waals surface area (Å²) in [6, 6.07) is 3.68. The number of alkyl carbamates (subject to hydrolysis) is 1. The summed E-state index contributed by atoms with van der Waals surface area (Å²) in [6.45, 7) is 10.4. The highest BCUT2D eigenvalue weighted by Crippen LogP contribution is 2.06. The van der Waals surface area contributed by atoms with Crippen molar-refractivity contribution in [1.29, 1.82) is 0 Å². The summed E-state index contributed by atoms with van der Waals surface area (Å²) in [4.78, 5) is 20.4. The smallest absolute Gasteiger partial charge is 0.407 e. The van der Waals surface area contributed by atoms with E-state index in [0.717, 1.165) is 37.5 Å². The molecule has 0 spiro atoms. The maximum atomic E-state index is 11.7. The van der Waals surface area contributed by atoms with Crippen molar-refractivity contribution < 1.29 is 9.53 Å². The van der Waals surface area contributed by atoms with E-state index in [1.54, 1.807) is 19.2 Å². The Labute approximate surface area is 190 Å². The minimum absolute atomic E-state index is 0. The van der Waals surface area contributed by atoms with E-state index in [9.17, 15) is 4.79 Å². The van der Waals surface area contributed by atoms with E-state index >= 15 is 0 Å². The fourth-order valence-electron chi connectivity index (χ4n) is 2.51. The number of amides is 1. The molecule has 3 N–H and O–H groups in total. The van der Waals surface area contributed by atoms with E-state index in [2.05, 4.69) is 39.8 Å². The van der Waals surface area contributed by atoms with Gasteiger partial charge in [0.15, 0.2) is 5.96 Å². The third-order valence-electron chi connectivity index (χ3n) is 3.66. The van der Waals surface area contributed by atoms with Crippen molar-refractivity contribution in [3.05, 3.63) is 29.0 Å². The molecule has 0 aliphatic rings. The van der Waals surface area contributed by atoms with Crippen molar-refractivity contribution >= 4 is 47.6 Å². The van der Waals surface area contributed by atoms with Crippen molar-refractivity contribution in [3.8, 4) is 0 Å². The molecule has 0 fully saturated rings. The van der Waals surface area contributed by atoms with E-state index in [-0.39, 0.29) is 30.0 Å². The normalized spacial score (nSPS) is 12.1. The first kappa shape index (κ1) is 26.7. The summed E-state index contributed by atoms with van der Waals surface area (Å²) in [5.41, 5.74) is 1.10. The monoisotopic (exact) mass is 525 g/mol. The maximum absolute atomic E-state index is 11.7. The number of nitrogens with one attached hydrogen (secondary N) is 3. The zero-order valence-corrected chi connectivity index (χ0v) is 20.2. The number of pyridine rings is 1. The number of hydrogen-bond donors (Lipinski definition) is 3. The molecule has 1 aromatic heterocycles. The zero-order valence-electron chi connectivity index (χ0n) is 17.1. The van der Waals surface area contributed by atoms with E-state index in [0.29, 0.717) is 24.2 Å². The number of halogens is 2. The number of aromatic nitrogens is 1. The van der Waals surface area contributed by atoms with Crippen LogP contribution in [0, 0.1) is 5.92 Å². The minimum Gasteiger partial charge on any atom is -0.450 e. The topological polar surface area (TPSA) is 87.6 Å². The number of carbonyl (C=O) groups is 1. The van der Waals surface area contributed by atoms with Crippen molar-refractivity contribution in [1.82, 2.24) is 20.9 Å². The van der Waals surface area contributed by atoms with Crippen LogP contribution >= 0.6 is 35.6 Å². The molecule has 1 unspecified atom stereocenters. The molecule has 0 aromatic carbocycles. The Kier molecular flexibility index (Phi) is 14.9. The standard InChI is InChI=1S/C19H32ClN5O2.HI/c1-5-21-18(22-10-9-15-7-8-17(20)23-12-15)24-13-16(11-14(3)4)25-19(26)27-6-2;/h7-8,12,14,16H,5-6,9-11,13H2,1-4H3,(H,25,26)(H2,21,22,24);1H. The Morgan fingerprint density at radius 1 is 1.29 bits per heavy atom. The summed E-state index contributed by atoms with van der Waals surface area (Å²) >= 11 is 5.81. The summed E-state index contributed by atoms with van der Waals surface area (Å²) in [5.74, 6) is 1.17. The lowest BCUT2D eigenvalue weighted by molar-refractivity contribution is 0.147. The van der Waals surface area contributed by atoms with Crippen LogP contribution in [0.25, 0.3) is 0 Å². The Bertz CT molecular complexity index is 584. The SMILES string of the molecule is CCNC(=NCC(CC(C)C)NC(=O)OCC)NCCc1ccc(Cl)nc1.I. The molecule has 160 valence electrons. The van der Waals surface area contributed by atoms with Crippen LogP contribution in [0.4, 0.5) is 4.79 Å². The van der Waals surface area contributed by atoms with Gasteiger partial charge in [-0.15, -0.1) is 24.0 Å². The summed E-state index contributed by atoms with van der Waals surface area (Å²) in [7, 11) is 0. The highest BCUT2D eigenvalue weighted by molar-refractivity contribution is 14.0. The lowest BCUT2D eigenvalue weighted by atomic mass is 10.0. The van der Waals surface area contributed by atoms with Gasteiger partial charge in [0, 0.05) is 19.3 Å². The molecule has 0 saturated heterocycles. The van der Waals surface area contributed by atoms with Gasteiger partial charge < -0.3 is 20.7 Å². The van der Waals surface area contributed by atoms with Crippen LogP contribution in [0.2, 0.25) is 5.15 Å². The second kappa shape index (κ2) is 15.6. The number of rotatable bonds is 10. The lowest BCUT2D eigenvalue weighted by Gasteiger charge is -2.19. The molecule has 0 aliphatic carbocycles. The van der Waals surface area contributed by atoms with Gasteiger partial charge in [-0.05, 0) is 44.2 Å². The van der Waals surface area contributed by atoms with Gasteiger partial charge in [-0.3, -0.25) is 4.99 Å². The highest BCUT2D eigenvalue weighted by atomic mass is 127. The van der Waals surface area contributed by atoms with Crippen LogP contribution in [-0.4, -0.2) is 49.3 Å². The predicted octanol–water partition coefficient (Wildman–Crippen LogP) is 3.61. The van der Waals surface area contributed by atoms with Crippen LogP contribution in [0.15, 0.2) is 23.3 Å². The molecule has 1 aromatic rings. The molecular formula is C19H33ClIN5O2. The number of nitrogens with zero attached hydrogens (tertiary/aromatic N) is 2. The number of hydrogen-bond acceptors (Lipinski definition) is 4. The van der Waals surface area contributed by atoms with Crippen LogP contribution in [0.5, 0.6) is 0 Å². The predicted molar refractivity (Wildman–Crippen MR) is 126 cm³/mol. The summed E-state index contributed by atoms with van der Waals surface area (Å²) < 4.78 is 4.99. The maximum Gasteiger partial charge on any atom is 0.407 e. The van der Waals surface area contributed by atoms with E-state index < -0.39 is 6.09 Å². The molecule has 0 bridgehead atoms. The van der Waals surface area contributed by atoms with Gasteiger partial charge in [0.05, 0.1) is 19.2 Å². The van der Waals surface area contributed by atoms with Crippen LogP contribution in [-0.2, 0) is 11.2 Å². The van der Waals surface area contributed by atoms with Crippen LogP contribution in [0.3, 0.4) is 0 Å². The highest BCUT2D eigenvalue weighted by Gasteiger charge is 2.14. The molecule has 1 atom stereocenters. The first-order chi connectivity index (χ1) is 12.9. The quantitative estimate of drug-likeness (QED) is 0.188. The van der Waals surface area contributed by atoms with Crippen molar-refractivity contribution in [2.75, 3.05) is 26.2 Å². The van der Waals surface area contributed by atoms with Gasteiger partial charge in [0.1, 0.15) is 5.15 Å². The van der Waals surface area contributed by atoms with Gasteiger partial charge in [0.25, 0.3) is 0 Å². The number of carbonyl (C=O) groups excluding carboxylic acids is 1. The fraction of sp³-hybridized carbons (Fsp3) is 0.632. The molecule has 1 heterocycles. The first-order valence-corrected chi connectivity index (χ1v) is 9.88. The second-order valence-corrected chi connectivity index (χ2v) is 6.96. The molecule has 0 radical (unpaired) electrons. The number of ether oxygens (including phenoxy) is 1. The Hall–Kier alpha value is -1.29. The van der Waals surface area contributed by atoms with Crippen LogP contribution in [0.1, 0.15) is 39.7 Å². The number of guanidine groups is 1. The Balaban J connectivity index is 0.00000729. The van der Waals surface area contributed by atoms with E-state index in [4.69, 9.17) is 16.3 Å². The molecule has 1 amide bonds. The zero-order chi connectivity index (χ0) is 20.1. The second-order valence-electron chi connectivity index (χ2n) is 6.58. The van der Waals surface area contributed by atoms with Crippen molar-refractivity contribution in [3.63, 3.8) is 0 Å². The summed E-state index contributed by atoms with van der Waals surface area (Å²) in [5, 5.41) is 9.91. The van der Waals surface area contributed by atoms with Gasteiger partial charge in [-0.1, -0.05) is 31.5 Å². The molecular weight excluding hydrogens is 493 g/mol. The molecule has 28 heavy (non-hydrogen) atoms. The third-order valence-corrected chi connectivity index (χ3v) is 3.89. The van der Waals surface area contributed by atoms with Crippen LogP contribution < -0.4 is 16.0 Å². The molecule has 0 saturated carbocycles. The minimum atomic E-state index is -0.397. The molecule has 9 heteroatoms. The average Bonchev–Trinajstić information content (AvgIpc) is 2.61.